The fourth-order valence-corrected chi connectivity index (χ4v) is 4.26. The number of hydrogen-bond acceptors (Lipinski definition) is 6. The van der Waals surface area contributed by atoms with Crippen molar-refractivity contribution in [1.29, 1.82) is 0 Å². The summed E-state index contributed by atoms with van der Waals surface area (Å²) in [5.41, 5.74) is -0.157. The van der Waals surface area contributed by atoms with E-state index in [1.807, 2.05) is 0 Å². The second kappa shape index (κ2) is 7.23. The second-order valence-corrected chi connectivity index (χ2v) is 7.51. The van der Waals surface area contributed by atoms with Crippen molar-refractivity contribution < 1.29 is 9.53 Å². The van der Waals surface area contributed by atoms with E-state index in [4.69, 9.17) is 4.74 Å². The minimum atomic E-state index is -0.294. The molecule has 0 N–H and O–H groups in total. The predicted octanol–water partition coefficient (Wildman–Crippen LogP) is 1.08. The zero-order valence-electron chi connectivity index (χ0n) is 14.1. The Bertz CT molecular complexity index is 812. The quantitative estimate of drug-likeness (QED) is 0.817. The van der Waals surface area contributed by atoms with Gasteiger partial charge in [-0.1, -0.05) is 0 Å². The van der Waals surface area contributed by atoms with E-state index in [-0.39, 0.29) is 23.1 Å². The number of likely N-dealkylation sites (tertiary alicyclic amines) is 1. The maximum Gasteiger partial charge on any atom is 0.271 e. The largest absolute Gasteiger partial charge is 0.375 e. The molecule has 2 aliphatic heterocycles. The molecular weight excluding hydrogens is 340 g/mol. The minimum absolute atomic E-state index is 0.00476. The van der Waals surface area contributed by atoms with Gasteiger partial charge in [0.2, 0.25) is 0 Å². The summed E-state index contributed by atoms with van der Waals surface area (Å²) in [5, 5.41) is 1.80. The third kappa shape index (κ3) is 3.47. The van der Waals surface area contributed by atoms with Crippen LogP contribution in [0.25, 0.3) is 4.96 Å². The van der Waals surface area contributed by atoms with Crippen molar-refractivity contribution in [3.05, 3.63) is 33.7 Å². The van der Waals surface area contributed by atoms with Gasteiger partial charge in [0.05, 0.1) is 6.10 Å². The van der Waals surface area contributed by atoms with Crippen molar-refractivity contribution >= 4 is 22.2 Å². The van der Waals surface area contributed by atoms with Crippen molar-refractivity contribution in [3.8, 4) is 0 Å². The van der Waals surface area contributed by atoms with Gasteiger partial charge in [0.15, 0.2) is 4.96 Å². The van der Waals surface area contributed by atoms with Gasteiger partial charge in [0, 0.05) is 44.0 Å². The maximum atomic E-state index is 12.9. The highest BCUT2D eigenvalue weighted by atomic mass is 32.1. The smallest absolute Gasteiger partial charge is 0.271 e. The van der Waals surface area contributed by atoms with Gasteiger partial charge in [-0.05, 0) is 32.4 Å². The summed E-state index contributed by atoms with van der Waals surface area (Å²) in [6.45, 7) is 4.86. The molecule has 4 rings (SSSR count). The van der Waals surface area contributed by atoms with Crippen LogP contribution in [0.1, 0.15) is 29.6 Å². The van der Waals surface area contributed by atoms with Crippen LogP contribution in [-0.2, 0) is 4.74 Å². The molecule has 1 unspecified atom stereocenters. The summed E-state index contributed by atoms with van der Waals surface area (Å²) in [7, 11) is 0. The highest BCUT2D eigenvalue weighted by molar-refractivity contribution is 7.15. The van der Waals surface area contributed by atoms with E-state index in [2.05, 4.69) is 9.88 Å². The molecule has 0 aromatic carbocycles. The summed E-state index contributed by atoms with van der Waals surface area (Å²) in [6, 6.07) is 0. The molecule has 2 aliphatic rings. The topological polar surface area (TPSA) is 67.2 Å². The van der Waals surface area contributed by atoms with Crippen LogP contribution in [0.15, 0.2) is 22.6 Å². The van der Waals surface area contributed by atoms with Crippen LogP contribution in [0.3, 0.4) is 0 Å². The zero-order chi connectivity index (χ0) is 17.2. The van der Waals surface area contributed by atoms with Gasteiger partial charge < -0.3 is 14.5 Å². The van der Waals surface area contributed by atoms with Crippen LogP contribution < -0.4 is 5.56 Å². The molecule has 7 nitrogen and oxygen atoms in total. The molecule has 2 aromatic rings. The van der Waals surface area contributed by atoms with E-state index in [9.17, 15) is 9.59 Å². The van der Waals surface area contributed by atoms with Crippen molar-refractivity contribution in [3.63, 3.8) is 0 Å². The molecule has 2 aromatic heterocycles. The van der Waals surface area contributed by atoms with E-state index in [1.165, 1.54) is 34.8 Å². The maximum absolute atomic E-state index is 12.9. The molecule has 1 atom stereocenters. The Morgan fingerprint density at radius 1 is 1.28 bits per heavy atom. The highest BCUT2D eigenvalue weighted by Crippen LogP contribution is 2.14. The number of carbonyl (C=O) groups excluding carboxylic acids is 1. The molecule has 0 saturated carbocycles. The molecule has 0 spiro atoms. The van der Waals surface area contributed by atoms with Gasteiger partial charge in [-0.2, -0.15) is 0 Å². The Kier molecular flexibility index (Phi) is 4.82. The van der Waals surface area contributed by atoms with Crippen LogP contribution in [0.5, 0.6) is 0 Å². The van der Waals surface area contributed by atoms with Crippen LogP contribution >= 0.6 is 11.3 Å². The van der Waals surface area contributed by atoms with Crippen LogP contribution in [0.2, 0.25) is 0 Å². The summed E-state index contributed by atoms with van der Waals surface area (Å²) in [4.78, 5) is 34.5. The molecule has 8 heteroatoms. The summed E-state index contributed by atoms with van der Waals surface area (Å²) in [6.07, 6.45) is 6.34. The number of ether oxygens (including phenoxy) is 1. The lowest BCUT2D eigenvalue weighted by Gasteiger charge is -2.26. The Morgan fingerprint density at radius 2 is 2.12 bits per heavy atom. The van der Waals surface area contributed by atoms with E-state index >= 15 is 0 Å². The number of nitrogens with zero attached hydrogens (tertiary/aromatic N) is 4. The molecule has 134 valence electrons. The normalized spacial score (nSPS) is 22.4. The van der Waals surface area contributed by atoms with Gasteiger partial charge in [-0.25, -0.2) is 4.98 Å². The van der Waals surface area contributed by atoms with Gasteiger partial charge >= 0.3 is 0 Å². The fraction of sp³-hybridized carbons (Fsp3) is 0.588. The number of thiazole rings is 1. The summed E-state index contributed by atoms with van der Waals surface area (Å²) < 4.78 is 7.37. The van der Waals surface area contributed by atoms with E-state index < -0.39 is 0 Å². The molecule has 1 amide bonds. The number of amides is 1. The van der Waals surface area contributed by atoms with Crippen LogP contribution in [0.4, 0.5) is 0 Å². The van der Waals surface area contributed by atoms with Gasteiger partial charge in [0.25, 0.3) is 11.5 Å². The number of rotatable bonds is 3. The third-order valence-electron chi connectivity index (χ3n) is 4.87. The SMILES string of the molecule is O=C(c1cnc2sccn2c1=O)N1CCCOC(CN2CCCC2)C1. The van der Waals surface area contributed by atoms with Crippen molar-refractivity contribution in [2.45, 2.75) is 25.4 Å². The molecule has 0 bridgehead atoms. The van der Waals surface area contributed by atoms with E-state index in [1.54, 1.807) is 16.5 Å². The molecule has 0 aliphatic carbocycles. The second-order valence-electron chi connectivity index (χ2n) is 6.64. The Balaban J connectivity index is 1.52. The van der Waals surface area contributed by atoms with Gasteiger partial charge in [-0.3, -0.25) is 14.0 Å². The fourth-order valence-electron chi connectivity index (χ4n) is 3.58. The zero-order valence-corrected chi connectivity index (χ0v) is 14.9. The van der Waals surface area contributed by atoms with E-state index in [0.717, 1.165) is 26.1 Å². The molecule has 4 heterocycles. The standard InChI is InChI=1S/C17H22N4O3S/c22-15(14-10-18-17-21(16(14)23)7-9-25-17)20-6-3-8-24-13(12-20)11-19-4-1-2-5-19/h7,9-10,13H,1-6,8,11-12H2. The highest BCUT2D eigenvalue weighted by Gasteiger charge is 2.27. The number of hydrogen-bond donors (Lipinski definition) is 0. The number of fused-ring (bicyclic) bond motifs is 1. The predicted molar refractivity (Wildman–Crippen MR) is 95.3 cm³/mol. The first-order valence-corrected chi connectivity index (χ1v) is 9.68. The Labute approximate surface area is 149 Å². The minimum Gasteiger partial charge on any atom is -0.375 e. The summed E-state index contributed by atoms with van der Waals surface area (Å²) in [5.74, 6) is -0.241. The summed E-state index contributed by atoms with van der Waals surface area (Å²) >= 11 is 1.38. The molecule has 25 heavy (non-hydrogen) atoms. The number of aromatic nitrogens is 2. The molecular formula is C17H22N4O3S. The van der Waals surface area contributed by atoms with Crippen LogP contribution in [-0.4, -0.2) is 70.5 Å². The average Bonchev–Trinajstić information content (AvgIpc) is 3.24. The first-order valence-electron chi connectivity index (χ1n) is 8.80. The molecule has 2 saturated heterocycles. The van der Waals surface area contributed by atoms with Crippen molar-refractivity contribution in [2.24, 2.45) is 0 Å². The van der Waals surface area contributed by atoms with E-state index in [0.29, 0.717) is 24.7 Å². The third-order valence-corrected chi connectivity index (χ3v) is 5.64. The van der Waals surface area contributed by atoms with Gasteiger partial charge in [0.1, 0.15) is 5.56 Å². The van der Waals surface area contributed by atoms with Gasteiger partial charge in [-0.15, -0.1) is 11.3 Å². The Morgan fingerprint density at radius 3 is 2.96 bits per heavy atom. The van der Waals surface area contributed by atoms with Crippen molar-refractivity contribution in [2.75, 3.05) is 39.3 Å². The average molecular weight is 362 g/mol. The van der Waals surface area contributed by atoms with Crippen molar-refractivity contribution in [1.82, 2.24) is 19.2 Å². The first-order chi connectivity index (χ1) is 12.2. The Hall–Kier alpha value is -1.77. The lowest BCUT2D eigenvalue weighted by molar-refractivity contribution is 0.0297. The van der Waals surface area contributed by atoms with Crippen LogP contribution in [0, 0.1) is 0 Å². The molecule has 2 fully saturated rings. The first kappa shape index (κ1) is 16.7. The monoisotopic (exact) mass is 362 g/mol. The molecule has 0 radical (unpaired) electrons. The lowest BCUT2D eigenvalue weighted by atomic mass is 10.2. The number of carbonyl (C=O) groups is 1. The lowest BCUT2D eigenvalue weighted by Crippen LogP contribution is -2.43.